The molecule has 0 bridgehead atoms. The number of hydrogen-bond acceptors (Lipinski definition) is 2. The zero-order valence-corrected chi connectivity index (χ0v) is 41.2. The first-order chi connectivity index (χ1) is 25.8. The van der Waals surface area contributed by atoms with Crippen molar-refractivity contribution in [2.24, 2.45) is 0 Å². The van der Waals surface area contributed by atoms with Gasteiger partial charge in [-0.3, -0.25) is 0 Å². The number of benzene rings is 7. The van der Waals surface area contributed by atoms with E-state index in [1.54, 1.807) is 0 Å². The number of nitrogens with zero attached hydrogens (tertiary/aromatic N) is 2. The van der Waals surface area contributed by atoms with Crippen molar-refractivity contribution < 1.29 is 65.4 Å². The standard InChI is InChI=1S/C42H32N2.4C2H6.2CH3.2Y/c1-5-13-37(14-6-1)43(38-15-7-2-8-16-38)41-29-25-35(26-30-41)33-21-23-34(24-22-33)36-27-31-42(32-28-36)44(39-17-9-3-10-18-39)40-19-11-4-12-20-40;4*1-2;;;;/h1-32H;4*1-2H3;2*1H3;;/q;;;;;2*-1;;. The van der Waals surface area contributed by atoms with Gasteiger partial charge in [-0.15, -0.1) is 0 Å². The number of hydrogen-bond donors (Lipinski definition) is 0. The predicted octanol–water partition coefficient (Wildman–Crippen LogP) is 17.0. The third kappa shape index (κ3) is 15.0. The Kier molecular flexibility index (Phi) is 30.6. The Morgan fingerprint density at radius 1 is 0.214 bits per heavy atom. The fourth-order valence-corrected chi connectivity index (χ4v) is 5.66. The molecule has 0 atom stereocenters. The molecule has 0 spiro atoms. The van der Waals surface area contributed by atoms with Gasteiger partial charge in [-0.05, 0) is 95.1 Å². The molecule has 4 heteroatoms. The molecule has 0 heterocycles. The average Bonchev–Trinajstić information content (AvgIpc) is 3.26. The third-order valence-corrected chi connectivity index (χ3v) is 7.86. The Bertz CT molecular complexity index is 1690. The van der Waals surface area contributed by atoms with Crippen molar-refractivity contribution in [2.75, 3.05) is 9.80 Å². The summed E-state index contributed by atoms with van der Waals surface area (Å²) in [5.74, 6) is 0. The molecule has 0 N–H and O–H groups in total. The molecule has 0 aliphatic heterocycles. The Morgan fingerprint density at radius 3 is 0.536 bits per heavy atom. The Morgan fingerprint density at radius 2 is 0.357 bits per heavy atom. The summed E-state index contributed by atoms with van der Waals surface area (Å²) < 4.78 is 0. The minimum atomic E-state index is 0. The van der Waals surface area contributed by atoms with Gasteiger partial charge in [0.15, 0.2) is 0 Å². The minimum absolute atomic E-state index is 0. The van der Waals surface area contributed by atoms with E-state index in [0.29, 0.717) is 0 Å². The van der Waals surface area contributed by atoms with Crippen LogP contribution in [-0.2, 0) is 65.4 Å². The van der Waals surface area contributed by atoms with Crippen LogP contribution in [0.2, 0.25) is 0 Å². The molecule has 288 valence electrons. The van der Waals surface area contributed by atoms with Gasteiger partial charge in [0, 0.05) is 99.5 Å². The average molecular weight is 893 g/mol. The number of rotatable bonds is 8. The fraction of sp³-hybridized carbons (Fsp3) is 0.154. The molecule has 0 aliphatic rings. The van der Waals surface area contributed by atoms with Crippen LogP contribution in [-0.4, -0.2) is 0 Å². The van der Waals surface area contributed by atoms with Crippen LogP contribution < -0.4 is 9.80 Å². The summed E-state index contributed by atoms with van der Waals surface area (Å²) in [5.41, 5.74) is 11.6. The topological polar surface area (TPSA) is 6.48 Å². The first-order valence-electron chi connectivity index (χ1n) is 18.9. The van der Waals surface area contributed by atoms with Gasteiger partial charge in [-0.2, -0.15) is 0 Å². The van der Waals surface area contributed by atoms with Gasteiger partial charge in [-0.1, -0.05) is 177 Å². The molecule has 0 fully saturated rings. The van der Waals surface area contributed by atoms with E-state index < -0.39 is 0 Å². The van der Waals surface area contributed by atoms with Gasteiger partial charge in [0.05, 0.1) is 0 Å². The normalized spacial score (nSPS) is 8.86. The van der Waals surface area contributed by atoms with Gasteiger partial charge in [-0.25, -0.2) is 0 Å². The largest absolute Gasteiger partial charge is 0.358 e. The van der Waals surface area contributed by atoms with Crippen LogP contribution in [0.25, 0.3) is 22.3 Å². The zero-order chi connectivity index (χ0) is 37.6. The second-order valence-electron chi connectivity index (χ2n) is 10.7. The van der Waals surface area contributed by atoms with E-state index in [9.17, 15) is 0 Å². The smallest absolute Gasteiger partial charge is 0.0462 e. The summed E-state index contributed by atoms with van der Waals surface area (Å²) in [7, 11) is 0. The van der Waals surface area contributed by atoms with Gasteiger partial charge < -0.3 is 24.7 Å². The van der Waals surface area contributed by atoms with Gasteiger partial charge in [0.1, 0.15) is 0 Å². The Balaban J connectivity index is 0. The quantitative estimate of drug-likeness (QED) is 0.140. The Labute approximate surface area is 392 Å². The van der Waals surface area contributed by atoms with Crippen molar-refractivity contribution in [1.82, 2.24) is 0 Å². The molecule has 7 aromatic rings. The molecule has 2 nitrogen and oxygen atoms in total. The van der Waals surface area contributed by atoms with E-state index in [4.69, 9.17) is 0 Å². The summed E-state index contributed by atoms with van der Waals surface area (Å²) in [4.78, 5) is 4.57. The molecule has 7 rings (SSSR count). The van der Waals surface area contributed by atoms with E-state index in [1.807, 2.05) is 55.4 Å². The van der Waals surface area contributed by atoms with Crippen LogP contribution in [0.3, 0.4) is 0 Å². The minimum Gasteiger partial charge on any atom is -0.358 e. The molecular weight excluding hydrogens is 830 g/mol. The molecule has 0 aliphatic carbocycles. The van der Waals surface area contributed by atoms with E-state index in [-0.39, 0.29) is 80.3 Å². The van der Waals surface area contributed by atoms with Crippen molar-refractivity contribution in [1.29, 1.82) is 0 Å². The molecule has 0 unspecified atom stereocenters. The van der Waals surface area contributed by atoms with Crippen LogP contribution in [0, 0.1) is 14.9 Å². The van der Waals surface area contributed by atoms with Gasteiger partial charge in [0.2, 0.25) is 0 Å². The first-order valence-corrected chi connectivity index (χ1v) is 18.9. The second-order valence-corrected chi connectivity index (χ2v) is 10.7. The number of para-hydroxylation sites is 4. The summed E-state index contributed by atoms with van der Waals surface area (Å²) in [6.45, 7) is 16.0. The summed E-state index contributed by atoms with van der Waals surface area (Å²) in [6, 6.07) is 68.5. The second kappa shape index (κ2) is 31.4. The van der Waals surface area contributed by atoms with Crippen LogP contribution in [0.1, 0.15) is 55.4 Å². The van der Waals surface area contributed by atoms with Crippen LogP contribution >= 0.6 is 0 Å². The van der Waals surface area contributed by atoms with E-state index in [1.165, 1.54) is 22.3 Å². The molecule has 7 aromatic carbocycles. The van der Waals surface area contributed by atoms with Crippen molar-refractivity contribution in [3.63, 3.8) is 0 Å². The maximum Gasteiger partial charge on any atom is 0.0462 e. The molecule has 0 amide bonds. The molecular formula is C52H62N2Y2-2. The number of anilines is 6. The monoisotopic (exact) mass is 892 g/mol. The summed E-state index contributed by atoms with van der Waals surface area (Å²) >= 11 is 0. The van der Waals surface area contributed by atoms with Gasteiger partial charge in [0.25, 0.3) is 0 Å². The molecule has 0 saturated carbocycles. The molecule has 2 radical (unpaired) electrons. The Hall–Kier alpha value is -3.65. The molecule has 0 aromatic heterocycles. The SMILES string of the molecule is CC.CC.CC.CC.[CH3-].[CH3-].[Y].[Y].c1ccc(N(c2ccccc2)c2ccc(-c3ccc(-c4ccc(N(c5ccccc5)c5ccccc5)cc4)cc3)cc2)cc1. The zero-order valence-electron chi connectivity index (χ0n) is 35.5. The van der Waals surface area contributed by atoms with Crippen molar-refractivity contribution >= 4 is 34.1 Å². The maximum atomic E-state index is 2.28. The molecule has 0 saturated heterocycles. The molecule has 56 heavy (non-hydrogen) atoms. The summed E-state index contributed by atoms with van der Waals surface area (Å²) in [6.07, 6.45) is 0. The van der Waals surface area contributed by atoms with Crippen molar-refractivity contribution in [2.45, 2.75) is 55.4 Å². The van der Waals surface area contributed by atoms with Gasteiger partial charge >= 0.3 is 0 Å². The van der Waals surface area contributed by atoms with E-state index in [2.05, 4.69) is 204 Å². The first kappa shape index (κ1) is 54.4. The maximum absolute atomic E-state index is 2.28. The van der Waals surface area contributed by atoms with E-state index in [0.717, 1.165) is 34.1 Å². The van der Waals surface area contributed by atoms with E-state index >= 15 is 0 Å². The predicted molar refractivity (Wildman–Crippen MR) is 245 cm³/mol. The third-order valence-electron chi connectivity index (χ3n) is 7.86. The van der Waals surface area contributed by atoms with Crippen molar-refractivity contribution in [3.8, 4) is 22.3 Å². The fourth-order valence-electron chi connectivity index (χ4n) is 5.66. The summed E-state index contributed by atoms with van der Waals surface area (Å²) in [5, 5.41) is 0. The van der Waals surface area contributed by atoms with Crippen molar-refractivity contribution in [3.05, 3.63) is 209 Å². The van der Waals surface area contributed by atoms with Crippen LogP contribution in [0.15, 0.2) is 194 Å². The van der Waals surface area contributed by atoms with Crippen LogP contribution in [0.5, 0.6) is 0 Å². The van der Waals surface area contributed by atoms with Crippen LogP contribution in [0.4, 0.5) is 34.1 Å².